The molecule has 3 nitrogen and oxygen atoms in total. The van der Waals surface area contributed by atoms with E-state index in [-0.39, 0.29) is 5.78 Å². The second kappa shape index (κ2) is 6.86. The van der Waals surface area contributed by atoms with E-state index in [1.165, 1.54) is 0 Å². The number of hydrogen-bond donors (Lipinski definition) is 0. The van der Waals surface area contributed by atoms with Gasteiger partial charge in [0.1, 0.15) is 11.5 Å². The van der Waals surface area contributed by atoms with Crippen LogP contribution in [0.25, 0.3) is 0 Å². The smallest absolute Gasteiger partial charge is 0.164 e. The maximum atomic E-state index is 12.1. The molecule has 0 amide bonds. The van der Waals surface area contributed by atoms with Crippen LogP contribution in [0.3, 0.4) is 0 Å². The molecule has 0 spiro atoms. The summed E-state index contributed by atoms with van der Waals surface area (Å²) in [5.74, 6) is 2.01. The highest BCUT2D eigenvalue weighted by Gasteiger charge is 2.09. The van der Waals surface area contributed by atoms with Gasteiger partial charge in [0.2, 0.25) is 0 Å². The largest absolute Gasteiger partial charge is 0.465 e. The van der Waals surface area contributed by atoms with E-state index in [4.69, 9.17) is 4.42 Å². The van der Waals surface area contributed by atoms with Gasteiger partial charge in [-0.15, -0.1) is 0 Å². The SMILES string of the molecule is Cc1ccc(CN(C)CCC(=O)c2ccc(Br)cc2)o1. The fourth-order valence-electron chi connectivity index (χ4n) is 1.99. The first kappa shape index (κ1) is 15.0. The summed E-state index contributed by atoms with van der Waals surface area (Å²) in [4.78, 5) is 14.1. The highest BCUT2D eigenvalue weighted by Crippen LogP contribution is 2.13. The fourth-order valence-corrected chi connectivity index (χ4v) is 2.25. The van der Waals surface area contributed by atoms with Crippen LogP contribution in [0, 0.1) is 6.92 Å². The Balaban J connectivity index is 1.82. The van der Waals surface area contributed by atoms with Crippen molar-refractivity contribution in [1.29, 1.82) is 0 Å². The summed E-state index contributed by atoms with van der Waals surface area (Å²) in [7, 11) is 1.99. The Morgan fingerprint density at radius 1 is 1.20 bits per heavy atom. The molecular formula is C16H18BrNO2. The van der Waals surface area contributed by atoms with Crippen molar-refractivity contribution < 1.29 is 9.21 Å². The predicted octanol–water partition coefficient (Wildman–Crippen LogP) is 4.06. The summed E-state index contributed by atoms with van der Waals surface area (Å²) in [6.45, 7) is 3.37. The van der Waals surface area contributed by atoms with Crippen LogP contribution >= 0.6 is 15.9 Å². The summed E-state index contributed by atoms with van der Waals surface area (Å²) in [5, 5.41) is 0. The summed E-state index contributed by atoms with van der Waals surface area (Å²) >= 11 is 3.37. The maximum absolute atomic E-state index is 12.1. The minimum absolute atomic E-state index is 0.167. The Hall–Kier alpha value is -1.39. The molecule has 20 heavy (non-hydrogen) atoms. The standard InChI is InChI=1S/C16H18BrNO2/c1-12-3-8-15(20-12)11-18(2)10-9-16(19)13-4-6-14(17)7-5-13/h3-8H,9-11H2,1-2H3. The molecule has 0 radical (unpaired) electrons. The first-order valence-corrected chi connectivity index (χ1v) is 7.36. The number of carbonyl (C=O) groups excluding carboxylic acids is 1. The van der Waals surface area contributed by atoms with E-state index in [2.05, 4.69) is 20.8 Å². The van der Waals surface area contributed by atoms with E-state index >= 15 is 0 Å². The van der Waals surface area contributed by atoms with E-state index in [9.17, 15) is 4.79 Å². The van der Waals surface area contributed by atoms with Crippen LogP contribution in [0.5, 0.6) is 0 Å². The molecule has 0 saturated heterocycles. The minimum atomic E-state index is 0.167. The summed E-state index contributed by atoms with van der Waals surface area (Å²) in [5.41, 5.74) is 0.760. The molecule has 1 aromatic heterocycles. The van der Waals surface area contributed by atoms with Crippen molar-refractivity contribution >= 4 is 21.7 Å². The number of Topliss-reactive ketones (excluding diaryl/α,β-unsaturated/α-hetero) is 1. The van der Waals surface area contributed by atoms with E-state index in [0.717, 1.165) is 28.1 Å². The third kappa shape index (κ3) is 4.32. The lowest BCUT2D eigenvalue weighted by atomic mass is 10.1. The number of furan rings is 1. The molecule has 0 fully saturated rings. The van der Waals surface area contributed by atoms with Gasteiger partial charge in [0.05, 0.1) is 6.54 Å². The lowest BCUT2D eigenvalue weighted by Crippen LogP contribution is -2.21. The number of carbonyl (C=O) groups is 1. The molecule has 2 aromatic rings. The van der Waals surface area contributed by atoms with Gasteiger partial charge in [-0.05, 0) is 38.2 Å². The number of benzene rings is 1. The van der Waals surface area contributed by atoms with Crippen molar-refractivity contribution in [3.63, 3.8) is 0 Å². The van der Waals surface area contributed by atoms with Gasteiger partial charge in [-0.1, -0.05) is 28.1 Å². The molecule has 1 aromatic carbocycles. The van der Waals surface area contributed by atoms with Crippen LogP contribution in [0.4, 0.5) is 0 Å². The number of ketones is 1. The Kier molecular flexibility index (Phi) is 5.15. The van der Waals surface area contributed by atoms with Crippen molar-refractivity contribution in [2.45, 2.75) is 19.9 Å². The second-order valence-corrected chi connectivity index (χ2v) is 5.85. The molecule has 2 rings (SSSR count). The summed E-state index contributed by atoms with van der Waals surface area (Å²) in [6, 6.07) is 11.4. The second-order valence-electron chi connectivity index (χ2n) is 4.93. The van der Waals surface area contributed by atoms with Crippen LogP contribution in [-0.4, -0.2) is 24.3 Å². The lowest BCUT2D eigenvalue weighted by Gasteiger charge is -2.14. The molecule has 0 atom stereocenters. The van der Waals surface area contributed by atoms with Gasteiger partial charge in [-0.2, -0.15) is 0 Å². The van der Waals surface area contributed by atoms with Crippen molar-refractivity contribution in [1.82, 2.24) is 4.90 Å². The third-order valence-electron chi connectivity index (χ3n) is 3.11. The van der Waals surface area contributed by atoms with Crippen LogP contribution in [0.15, 0.2) is 45.3 Å². The first-order chi connectivity index (χ1) is 9.54. The number of rotatable bonds is 6. The highest BCUT2D eigenvalue weighted by molar-refractivity contribution is 9.10. The van der Waals surface area contributed by atoms with Gasteiger partial charge >= 0.3 is 0 Å². The zero-order valence-corrected chi connectivity index (χ0v) is 13.3. The molecule has 0 aliphatic carbocycles. The Morgan fingerprint density at radius 3 is 2.50 bits per heavy atom. The first-order valence-electron chi connectivity index (χ1n) is 6.57. The molecule has 0 bridgehead atoms. The monoisotopic (exact) mass is 335 g/mol. The zero-order chi connectivity index (χ0) is 14.5. The molecule has 0 unspecified atom stereocenters. The van der Waals surface area contributed by atoms with Crippen molar-refractivity contribution in [3.05, 3.63) is 58.0 Å². The lowest BCUT2D eigenvalue weighted by molar-refractivity contribution is 0.0966. The predicted molar refractivity (Wildman–Crippen MR) is 82.9 cm³/mol. The van der Waals surface area contributed by atoms with E-state index in [0.29, 0.717) is 13.0 Å². The maximum Gasteiger partial charge on any atom is 0.164 e. The molecule has 0 N–H and O–H groups in total. The average molecular weight is 336 g/mol. The molecule has 0 aliphatic heterocycles. The van der Waals surface area contributed by atoms with E-state index < -0.39 is 0 Å². The number of aryl methyl sites for hydroxylation is 1. The number of nitrogens with zero attached hydrogens (tertiary/aromatic N) is 1. The molecule has 4 heteroatoms. The summed E-state index contributed by atoms with van der Waals surface area (Å²) < 4.78 is 6.51. The number of hydrogen-bond acceptors (Lipinski definition) is 3. The van der Waals surface area contributed by atoms with Gasteiger partial charge in [0.25, 0.3) is 0 Å². The molecule has 0 saturated carbocycles. The molecule has 1 heterocycles. The quantitative estimate of drug-likeness (QED) is 0.746. The average Bonchev–Trinajstić information content (AvgIpc) is 2.82. The van der Waals surface area contributed by atoms with Gasteiger partial charge in [-0.3, -0.25) is 9.69 Å². The topological polar surface area (TPSA) is 33.5 Å². The summed E-state index contributed by atoms with van der Waals surface area (Å²) in [6.07, 6.45) is 0.512. The third-order valence-corrected chi connectivity index (χ3v) is 3.64. The van der Waals surface area contributed by atoms with Crippen LogP contribution in [0.1, 0.15) is 28.3 Å². The fraction of sp³-hybridized carbons (Fsp3) is 0.312. The van der Waals surface area contributed by atoms with Crippen molar-refractivity contribution in [2.24, 2.45) is 0 Å². The van der Waals surface area contributed by atoms with E-state index in [1.54, 1.807) is 0 Å². The van der Waals surface area contributed by atoms with Gasteiger partial charge in [-0.25, -0.2) is 0 Å². The van der Waals surface area contributed by atoms with Crippen molar-refractivity contribution in [2.75, 3.05) is 13.6 Å². The van der Waals surface area contributed by atoms with Gasteiger partial charge in [0.15, 0.2) is 5.78 Å². The van der Waals surface area contributed by atoms with Gasteiger partial charge < -0.3 is 4.42 Å². The Morgan fingerprint density at radius 2 is 1.90 bits per heavy atom. The molecule has 106 valence electrons. The van der Waals surface area contributed by atoms with Crippen LogP contribution in [0.2, 0.25) is 0 Å². The van der Waals surface area contributed by atoms with Crippen LogP contribution < -0.4 is 0 Å². The Bertz CT molecular complexity index is 574. The number of halogens is 1. The van der Waals surface area contributed by atoms with E-state index in [1.807, 2.05) is 50.4 Å². The minimum Gasteiger partial charge on any atom is -0.465 e. The normalized spacial score (nSPS) is 11.0. The molecule has 0 aliphatic rings. The Labute approximate surface area is 127 Å². The van der Waals surface area contributed by atoms with Crippen LogP contribution in [-0.2, 0) is 6.54 Å². The molecular weight excluding hydrogens is 318 g/mol. The van der Waals surface area contributed by atoms with Crippen molar-refractivity contribution in [3.8, 4) is 0 Å². The highest BCUT2D eigenvalue weighted by atomic mass is 79.9. The zero-order valence-electron chi connectivity index (χ0n) is 11.7. The van der Waals surface area contributed by atoms with Gasteiger partial charge in [0, 0.05) is 23.0 Å².